The van der Waals surface area contributed by atoms with Gasteiger partial charge >= 0.3 is 0 Å². The summed E-state index contributed by atoms with van der Waals surface area (Å²) in [5.74, 6) is 0. The van der Waals surface area contributed by atoms with E-state index in [9.17, 15) is 0 Å². The molecule has 0 aromatic carbocycles. The summed E-state index contributed by atoms with van der Waals surface area (Å²) in [4.78, 5) is 5.37. The Bertz CT molecular complexity index is 467. The van der Waals surface area contributed by atoms with Crippen molar-refractivity contribution in [3.8, 4) is 0 Å². The predicted molar refractivity (Wildman–Crippen MR) is 69.5 cm³/mol. The quantitative estimate of drug-likeness (QED) is 0.921. The molecule has 84 valence electrons. The molecule has 0 aliphatic rings. The zero-order valence-electron chi connectivity index (χ0n) is 8.58. The molecule has 0 saturated heterocycles. The van der Waals surface area contributed by atoms with Gasteiger partial charge in [-0.15, -0.1) is 11.3 Å². The molecule has 0 radical (unpaired) electrons. The molecule has 1 unspecified atom stereocenters. The number of aromatic nitrogens is 1. The van der Waals surface area contributed by atoms with Crippen molar-refractivity contribution in [3.63, 3.8) is 0 Å². The van der Waals surface area contributed by atoms with Crippen LogP contribution in [0.15, 0.2) is 29.8 Å². The third kappa shape index (κ3) is 2.38. The molecule has 0 aliphatic carbocycles. The number of hydrogen-bond acceptors (Lipinski definition) is 3. The van der Waals surface area contributed by atoms with Crippen molar-refractivity contribution in [1.82, 2.24) is 10.3 Å². The fourth-order valence-electron chi connectivity index (χ4n) is 1.48. The van der Waals surface area contributed by atoms with Gasteiger partial charge in [-0.05, 0) is 30.6 Å². The summed E-state index contributed by atoms with van der Waals surface area (Å²) in [6.07, 6.45) is 1.64. The summed E-state index contributed by atoms with van der Waals surface area (Å²) >= 11 is 13.5. The molecule has 16 heavy (non-hydrogen) atoms. The molecule has 0 bridgehead atoms. The average Bonchev–Trinajstić information content (AvgIpc) is 2.69. The van der Waals surface area contributed by atoms with Crippen LogP contribution in [0.5, 0.6) is 0 Å². The van der Waals surface area contributed by atoms with Gasteiger partial charge in [-0.3, -0.25) is 4.98 Å². The van der Waals surface area contributed by atoms with E-state index in [4.69, 9.17) is 23.2 Å². The summed E-state index contributed by atoms with van der Waals surface area (Å²) in [5, 5.41) is 6.57. The van der Waals surface area contributed by atoms with Crippen molar-refractivity contribution in [1.29, 1.82) is 0 Å². The van der Waals surface area contributed by atoms with Crippen LogP contribution in [0.1, 0.15) is 16.6 Å². The van der Waals surface area contributed by atoms with E-state index in [1.807, 2.05) is 30.6 Å². The predicted octanol–water partition coefficient (Wildman–Crippen LogP) is 3.76. The summed E-state index contributed by atoms with van der Waals surface area (Å²) in [6, 6.07) is 5.64. The first kappa shape index (κ1) is 11.9. The molecule has 0 saturated carbocycles. The molecule has 2 nitrogen and oxygen atoms in total. The molecule has 0 amide bonds. The van der Waals surface area contributed by atoms with Gasteiger partial charge in [0, 0.05) is 11.1 Å². The maximum atomic E-state index is 6.11. The van der Waals surface area contributed by atoms with E-state index in [0.29, 0.717) is 5.02 Å². The topological polar surface area (TPSA) is 24.9 Å². The average molecular weight is 273 g/mol. The summed E-state index contributed by atoms with van der Waals surface area (Å²) in [7, 11) is 1.89. The number of nitrogens with zero attached hydrogens (tertiary/aromatic N) is 1. The lowest BCUT2D eigenvalue weighted by molar-refractivity contribution is 0.682. The maximum Gasteiger partial charge on any atom is 0.0857 e. The minimum Gasteiger partial charge on any atom is -0.307 e. The van der Waals surface area contributed by atoms with E-state index in [0.717, 1.165) is 15.6 Å². The van der Waals surface area contributed by atoms with Gasteiger partial charge in [0.15, 0.2) is 0 Å². The molecule has 0 fully saturated rings. The number of rotatable bonds is 3. The Balaban J connectivity index is 2.37. The van der Waals surface area contributed by atoms with Crippen molar-refractivity contribution in [2.75, 3.05) is 7.05 Å². The van der Waals surface area contributed by atoms with Gasteiger partial charge in [0.2, 0.25) is 0 Å². The van der Waals surface area contributed by atoms with Gasteiger partial charge in [0.05, 0.1) is 21.8 Å². The van der Waals surface area contributed by atoms with E-state index in [2.05, 4.69) is 10.3 Å². The van der Waals surface area contributed by atoms with Crippen LogP contribution in [-0.4, -0.2) is 12.0 Å². The van der Waals surface area contributed by atoms with Gasteiger partial charge in [-0.1, -0.05) is 23.2 Å². The van der Waals surface area contributed by atoms with Crippen LogP contribution in [0.4, 0.5) is 0 Å². The van der Waals surface area contributed by atoms with Crippen LogP contribution >= 0.6 is 34.5 Å². The molecule has 2 aromatic heterocycles. The van der Waals surface area contributed by atoms with Crippen LogP contribution in [0.2, 0.25) is 10.0 Å². The lowest BCUT2D eigenvalue weighted by Crippen LogP contribution is -2.17. The molecule has 2 rings (SSSR count). The monoisotopic (exact) mass is 272 g/mol. The highest BCUT2D eigenvalue weighted by molar-refractivity contribution is 7.10. The zero-order chi connectivity index (χ0) is 11.5. The number of halogens is 2. The molecule has 0 aliphatic heterocycles. The molecular weight excluding hydrogens is 263 g/mol. The Morgan fingerprint density at radius 3 is 2.62 bits per heavy atom. The zero-order valence-corrected chi connectivity index (χ0v) is 10.9. The Morgan fingerprint density at radius 2 is 2.12 bits per heavy atom. The number of hydrogen-bond donors (Lipinski definition) is 1. The van der Waals surface area contributed by atoms with Crippen molar-refractivity contribution >= 4 is 34.5 Å². The van der Waals surface area contributed by atoms with E-state index in [1.165, 1.54) is 0 Å². The van der Waals surface area contributed by atoms with Crippen molar-refractivity contribution in [2.24, 2.45) is 0 Å². The Morgan fingerprint density at radius 1 is 1.31 bits per heavy atom. The third-order valence-electron chi connectivity index (χ3n) is 2.24. The van der Waals surface area contributed by atoms with Crippen molar-refractivity contribution in [3.05, 3.63) is 50.4 Å². The molecule has 1 N–H and O–H groups in total. The van der Waals surface area contributed by atoms with Crippen LogP contribution < -0.4 is 5.32 Å². The first-order valence-electron chi connectivity index (χ1n) is 4.74. The van der Waals surface area contributed by atoms with E-state index in [-0.39, 0.29) is 6.04 Å². The Labute approximate surface area is 108 Å². The highest BCUT2D eigenvalue weighted by Crippen LogP contribution is 2.31. The molecular formula is C11H10Cl2N2S. The lowest BCUT2D eigenvalue weighted by Gasteiger charge is -2.14. The second-order valence-electron chi connectivity index (χ2n) is 3.26. The van der Waals surface area contributed by atoms with Crippen LogP contribution in [0.25, 0.3) is 0 Å². The van der Waals surface area contributed by atoms with Crippen LogP contribution in [0.3, 0.4) is 0 Å². The molecule has 2 heterocycles. The molecule has 0 spiro atoms. The minimum absolute atomic E-state index is 0.0183. The van der Waals surface area contributed by atoms with E-state index in [1.54, 1.807) is 17.5 Å². The van der Waals surface area contributed by atoms with Gasteiger partial charge in [-0.2, -0.15) is 0 Å². The van der Waals surface area contributed by atoms with E-state index < -0.39 is 0 Å². The second-order valence-corrected chi connectivity index (χ2v) is 5.05. The van der Waals surface area contributed by atoms with Gasteiger partial charge in [-0.25, -0.2) is 0 Å². The number of nitrogens with one attached hydrogen (secondary N) is 1. The first-order chi connectivity index (χ1) is 7.72. The Kier molecular flexibility index (Phi) is 3.82. The third-order valence-corrected chi connectivity index (χ3v) is 3.89. The first-order valence-corrected chi connectivity index (χ1v) is 6.37. The fraction of sp³-hybridized carbons (Fsp3) is 0.182. The highest BCUT2D eigenvalue weighted by Gasteiger charge is 2.17. The van der Waals surface area contributed by atoms with Crippen molar-refractivity contribution in [2.45, 2.75) is 6.04 Å². The molecule has 5 heteroatoms. The number of thiophene rings is 1. The normalized spacial score (nSPS) is 12.7. The summed E-state index contributed by atoms with van der Waals surface area (Å²) in [5.41, 5.74) is 0.913. The molecule has 1 atom stereocenters. The summed E-state index contributed by atoms with van der Waals surface area (Å²) in [6.45, 7) is 0. The van der Waals surface area contributed by atoms with Gasteiger partial charge < -0.3 is 5.32 Å². The maximum absolute atomic E-state index is 6.11. The number of pyridine rings is 1. The molecule has 2 aromatic rings. The summed E-state index contributed by atoms with van der Waals surface area (Å²) < 4.78 is 0. The van der Waals surface area contributed by atoms with Crippen LogP contribution in [0, 0.1) is 0 Å². The van der Waals surface area contributed by atoms with E-state index >= 15 is 0 Å². The Hall–Kier alpha value is -0.610. The SMILES string of the molecule is CNC(c1ccc(Cl)cn1)c1sccc1Cl. The standard InChI is InChI=1S/C11H10Cl2N2S/c1-14-10(11-8(13)4-5-16-11)9-3-2-7(12)6-15-9/h2-6,10,14H,1H3. The highest BCUT2D eigenvalue weighted by atomic mass is 35.5. The van der Waals surface area contributed by atoms with Gasteiger partial charge in [0.1, 0.15) is 0 Å². The van der Waals surface area contributed by atoms with Gasteiger partial charge in [0.25, 0.3) is 0 Å². The lowest BCUT2D eigenvalue weighted by atomic mass is 10.1. The largest absolute Gasteiger partial charge is 0.307 e. The second kappa shape index (κ2) is 5.15. The smallest absolute Gasteiger partial charge is 0.0857 e. The van der Waals surface area contributed by atoms with Crippen molar-refractivity contribution < 1.29 is 0 Å². The van der Waals surface area contributed by atoms with Crippen LogP contribution in [-0.2, 0) is 0 Å². The minimum atomic E-state index is 0.0183. The fourth-order valence-corrected chi connectivity index (χ4v) is 2.88.